The van der Waals surface area contributed by atoms with Crippen LogP contribution in [0.1, 0.15) is 153 Å². The average molecular weight is 1050 g/mol. The van der Waals surface area contributed by atoms with Crippen molar-refractivity contribution >= 4 is 132 Å². The van der Waals surface area contributed by atoms with Gasteiger partial charge in [-0.3, -0.25) is 0 Å². The maximum Gasteiger partial charge on any atom is 0.252 e. The second kappa shape index (κ2) is 14.9. The number of nitrogens with zero attached hydrogens (tertiary/aromatic N) is 3. The van der Waals surface area contributed by atoms with Gasteiger partial charge < -0.3 is 14.7 Å². The third kappa shape index (κ3) is 5.67. The highest BCUT2D eigenvalue weighted by Gasteiger charge is 2.59. The van der Waals surface area contributed by atoms with E-state index in [0.29, 0.717) is 0 Å². The minimum absolute atomic E-state index is 0.00745. The summed E-state index contributed by atoms with van der Waals surface area (Å²) in [5.74, 6) is 0. The van der Waals surface area contributed by atoms with Crippen LogP contribution in [0.25, 0.3) is 40.3 Å². The number of fused-ring (bicyclic) bond motifs is 21. The Morgan fingerprint density at radius 2 is 1.03 bits per heavy atom. The lowest BCUT2D eigenvalue weighted by Crippen LogP contribution is -2.62. The van der Waals surface area contributed by atoms with Crippen LogP contribution in [0.2, 0.25) is 0 Å². The largest absolute Gasteiger partial charge is 0.334 e. The van der Waals surface area contributed by atoms with Crippen LogP contribution >= 0.6 is 22.7 Å². The molecule has 0 spiro atoms. The number of anilines is 8. The predicted molar refractivity (Wildman–Crippen MR) is 338 cm³/mol. The second-order valence-corrected chi connectivity index (χ2v) is 29.9. The van der Waals surface area contributed by atoms with E-state index in [0.717, 1.165) is 25.7 Å². The number of thiophene rings is 2. The molecule has 4 aliphatic heterocycles. The van der Waals surface area contributed by atoms with Gasteiger partial charge in [0.05, 0.1) is 15.9 Å². The highest BCUT2D eigenvalue weighted by atomic mass is 32.1. The van der Waals surface area contributed by atoms with E-state index in [-0.39, 0.29) is 39.3 Å². The first-order chi connectivity index (χ1) is 37.4. The van der Waals surface area contributed by atoms with Gasteiger partial charge in [-0.25, -0.2) is 0 Å². The minimum atomic E-state index is -0.178. The molecular weight excluding hydrogens is 982 g/mol. The molecule has 6 bridgehead atoms. The summed E-state index contributed by atoms with van der Waals surface area (Å²) < 4.78 is 5.41. The van der Waals surface area contributed by atoms with Gasteiger partial charge in [-0.2, -0.15) is 0 Å². The quantitative estimate of drug-likeness (QED) is 0.152. The van der Waals surface area contributed by atoms with E-state index in [4.69, 9.17) is 0 Å². The Hall–Kier alpha value is -6.34. The summed E-state index contributed by atoms with van der Waals surface area (Å²) in [5, 5.41) is 5.38. The Kier molecular flexibility index (Phi) is 8.90. The Bertz CT molecular complexity index is 4380. The maximum atomic E-state index is 2.92. The van der Waals surface area contributed by atoms with Crippen molar-refractivity contribution in [3.8, 4) is 0 Å². The van der Waals surface area contributed by atoms with Gasteiger partial charge in [0.15, 0.2) is 0 Å². The first kappa shape index (κ1) is 46.6. The molecule has 3 atom stereocenters. The molecule has 3 unspecified atom stereocenters. The van der Waals surface area contributed by atoms with Crippen LogP contribution in [0, 0.1) is 6.92 Å². The van der Waals surface area contributed by atoms with Crippen molar-refractivity contribution in [2.45, 2.75) is 153 Å². The van der Waals surface area contributed by atoms with E-state index in [9.17, 15) is 0 Å². The average Bonchev–Trinajstić information content (AvgIpc) is 2.23. The van der Waals surface area contributed by atoms with Crippen molar-refractivity contribution < 1.29 is 0 Å². The van der Waals surface area contributed by atoms with Gasteiger partial charge in [-0.1, -0.05) is 141 Å². The SMILES string of the molecule is Cc1cc2c3cc1N1c4cc5c(cc4B4c6cc7c(cc6N(c6cccc8c6sc6ccccc68)c6cc(cc1c64)N1c4cc(ccc4C4(C)CCCCC14C)C3(C)CCC2(C)C)C(C)(C)CCC7(C)C)sc1ccccc15. The van der Waals surface area contributed by atoms with Gasteiger partial charge >= 0.3 is 0 Å². The summed E-state index contributed by atoms with van der Waals surface area (Å²) in [6.07, 6.45) is 9.43. The van der Waals surface area contributed by atoms with Crippen molar-refractivity contribution in [1.29, 1.82) is 0 Å². The lowest BCUT2D eigenvalue weighted by Gasteiger charge is -2.51. The van der Waals surface area contributed by atoms with Crippen molar-refractivity contribution in [3.63, 3.8) is 0 Å². The molecule has 10 aromatic rings. The molecule has 0 amide bonds. The molecule has 0 N–H and O–H groups in total. The molecule has 0 saturated heterocycles. The van der Waals surface area contributed by atoms with E-state index in [1.165, 1.54) is 167 Å². The molecule has 1 saturated carbocycles. The summed E-state index contributed by atoms with van der Waals surface area (Å²) in [6.45, 7) is 25.4. The summed E-state index contributed by atoms with van der Waals surface area (Å²) >= 11 is 3.93. The van der Waals surface area contributed by atoms with Gasteiger partial charge in [0.25, 0.3) is 6.71 Å². The molecule has 3 aliphatic carbocycles. The third-order valence-electron chi connectivity index (χ3n) is 22.3. The highest BCUT2D eigenvalue weighted by molar-refractivity contribution is 7.26. The van der Waals surface area contributed by atoms with E-state index in [1.807, 2.05) is 22.7 Å². The highest BCUT2D eigenvalue weighted by Crippen LogP contribution is 2.64. The summed E-state index contributed by atoms with van der Waals surface area (Å²) in [4.78, 5) is 8.53. The zero-order valence-electron chi connectivity index (χ0n) is 47.1. The van der Waals surface area contributed by atoms with Crippen LogP contribution < -0.4 is 31.1 Å². The first-order valence-corrected chi connectivity index (χ1v) is 31.0. The fraction of sp³-hybridized carbons (Fsp3) is 0.333. The summed E-state index contributed by atoms with van der Waals surface area (Å²) in [7, 11) is 0. The number of hydrogen-bond acceptors (Lipinski definition) is 5. The Balaban J connectivity index is 1.08. The van der Waals surface area contributed by atoms with E-state index < -0.39 is 0 Å². The Morgan fingerprint density at radius 3 is 1.78 bits per heavy atom. The lowest BCUT2D eigenvalue weighted by atomic mass is 9.33. The lowest BCUT2D eigenvalue weighted by molar-refractivity contribution is 0.195. The topological polar surface area (TPSA) is 9.72 Å². The van der Waals surface area contributed by atoms with Gasteiger partial charge in [0, 0.05) is 86.3 Å². The molecule has 6 heterocycles. The number of rotatable bonds is 1. The minimum Gasteiger partial charge on any atom is -0.334 e. The number of benzene rings is 8. The summed E-state index contributed by atoms with van der Waals surface area (Å²) in [6, 6.07) is 54.8. The summed E-state index contributed by atoms with van der Waals surface area (Å²) in [5.41, 5.74) is 25.0. The van der Waals surface area contributed by atoms with Crippen molar-refractivity contribution in [3.05, 3.63) is 172 Å². The molecular formula is C72H68BN3S2. The second-order valence-electron chi connectivity index (χ2n) is 27.8. The molecule has 6 heteroatoms. The zero-order valence-corrected chi connectivity index (χ0v) is 48.7. The fourth-order valence-corrected chi connectivity index (χ4v) is 19.7. The standard InChI is InChI=1S/C72H68BN3S2/c1-41-32-49-52-39-56(41)75-58-36-47-45-19-12-13-22-62(45)77-64(47)40-54(58)73-53-37-50-51(68(4,5)29-28-67(50,2)3)38-59(53)74(55-21-17-20-46-44-18-11-14-23-63(44)78-66(46)55)60-34-43(35-61(75)65(60)73)76-57-33-42(70(52,8)31-30-69(49,6)7)24-25-48(57)71(9)26-15-16-27-72(71,76)10/h11-14,17-25,32-40H,15-16,26-31H2,1-10H3. The van der Waals surface area contributed by atoms with Crippen molar-refractivity contribution in [2.75, 3.05) is 14.7 Å². The van der Waals surface area contributed by atoms with Gasteiger partial charge in [-0.15, -0.1) is 22.7 Å². The van der Waals surface area contributed by atoms with Crippen LogP contribution in [0.15, 0.2) is 133 Å². The normalized spacial score (nSPS) is 24.2. The van der Waals surface area contributed by atoms with Crippen LogP contribution in [-0.4, -0.2) is 12.3 Å². The molecule has 2 aromatic heterocycles. The van der Waals surface area contributed by atoms with Gasteiger partial charge in [-0.05, 0) is 185 Å². The number of aryl methyl sites for hydroxylation is 1. The van der Waals surface area contributed by atoms with Gasteiger partial charge in [0.2, 0.25) is 0 Å². The maximum absolute atomic E-state index is 2.92. The molecule has 8 aromatic carbocycles. The first-order valence-electron chi connectivity index (χ1n) is 29.3. The van der Waals surface area contributed by atoms with Crippen LogP contribution in [0.3, 0.4) is 0 Å². The molecule has 3 nitrogen and oxygen atoms in total. The van der Waals surface area contributed by atoms with Crippen molar-refractivity contribution in [1.82, 2.24) is 0 Å². The van der Waals surface area contributed by atoms with Crippen molar-refractivity contribution in [2.24, 2.45) is 0 Å². The van der Waals surface area contributed by atoms with E-state index >= 15 is 0 Å². The van der Waals surface area contributed by atoms with E-state index in [1.54, 1.807) is 0 Å². The van der Waals surface area contributed by atoms with Gasteiger partial charge in [0.1, 0.15) is 0 Å². The molecule has 1 fully saturated rings. The molecule has 17 rings (SSSR count). The molecule has 386 valence electrons. The smallest absolute Gasteiger partial charge is 0.252 e. The number of hydrogen-bond donors (Lipinski definition) is 0. The van der Waals surface area contributed by atoms with Crippen LogP contribution in [0.4, 0.5) is 45.5 Å². The Labute approximate surface area is 469 Å². The predicted octanol–water partition coefficient (Wildman–Crippen LogP) is 18.6. The van der Waals surface area contributed by atoms with Crippen LogP contribution in [0.5, 0.6) is 0 Å². The molecule has 7 aliphatic rings. The zero-order chi connectivity index (χ0) is 52.9. The van der Waals surface area contributed by atoms with E-state index in [2.05, 4.69) is 217 Å². The Morgan fingerprint density at radius 1 is 0.423 bits per heavy atom. The monoisotopic (exact) mass is 1050 g/mol. The molecule has 78 heavy (non-hydrogen) atoms. The fourth-order valence-electron chi connectivity index (χ4n) is 17.4. The van der Waals surface area contributed by atoms with Crippen LogP contribution in [-0.2, 0) is 27.1 Å². The molecule has 0 radical (unpaired) electrons. The third-order valence-corrected chi connectivity index (χ3v) is 24.6.